The number of carbonyl (C=O) groups is 1. The number of nitrogens with one attached hydrogen (secondary N) is 1. The number of benzene rings is 2. The number of rotatable bonds is 7. The first-order valence-electron chi connectivity index (χ1n) is 12.5. The third kappa shape index (κ3) is 3.81. The minimum atomic E-state index is -0.218. The van der Waals surface area contributed by atoms with E-state index < -0.39 is 0 Å². The fraction of sp³-hybridized carbons (Fsp3) is 0.448. The Balaban J connectivity index is 1.15. The summed E-state index contributed by atoms with van der Waals surface area (Å²) in [6.07, 6.45) is 10.6. The van der Waals surface area contributed by atoms with E-state index in [2.05, 4.69) is 58.9 Å². The summed E-state index contributed by atoms with van der Waals surface area (Å²) in [4.78, 5) is 13.7. The largest absolute Gasteiger partial charge is 0.497 e. The molecule has 4 bridgehead atoms. The molecule has 0 spiro atoms. The van der Waals surface area contributed by atoms with E-state index >= 15 is 0 Å². The minimum Gasteiger partial charge on any atom is -0.497 e. The van der Waals surface area contributed by atoms with Crippen molar-refractivity contribution in [1.82, 2.24) is 15.1 Å². The fourth-order valence-electron chi connectivity index (χ4n) is 7.52. The van der Waals surface area contributed by atoms with Gasteiger partial charge in [0.1, 0.15) is 5.75 Å². The van der Waals surface area contributed by atoms with Gasteiger partial charge in [-0.3, -0.25) is 9.48 Å². The Bertz CT molecular complexity index is 1140. The van der Waals surface area contributed by atoms with E-state index in [0.717, 1.165) is 37.1 Å². The first kappa shape index (κ1) is 21.5. The van der Waals surface area contributed by atoms with Crippen LogP contribution in [0.25, 0.3) is 0 Å². The van der Waals surface area contributed by atoms with Gasteiger partial charge in [0.15, 0.2) is 0 Å². The third-order valence-corrected chi connectivity index (χ3v) is 8.62. The van der Waals surface area contributed by atoms with E-state index in [0.29, 0.717) is 18.4 Å². The zero-order valence-electron chi connectivity index (χ0n) is 19.9. The predicted octanol–water partition coefficient (Wildman–Crippen LogP) is 5.09. The minimum absolute atomic E-state index is 0.141. The van der Waals surface area contributed by atoms with Crippen molar-refractivity contribution in [2.24, 2.45) is 17.3 Å². The van der Waals surface area contributed by atoms with Crippen molar-refractivity contribution in [2.75, 3.05) is 7.11 Å². The second-order valence-electron chi connectivity index (χ2n) is 11.0. The van der Waals surface area contributed by atoms with Crippen molar-refractivity contribution in [3.8, 4) is 5.75 Å². The Morgan fingerprint density at radius 2 is 1.74 bits per heavy atom. The van der Waals surface area contributed by atoms with E-state index in [-0.39, 0.29) is 16.7 Å². The maximum atomic E-state index is 13.7. The van der Waals surface area contributed by atoms with Crippen LogP contribution in [0, 0.1) is 17.3 Å². The summed E-state index contributed by atoms with van der Waals surface area (Å²) >= 11 is 0. The number of nitrogens with zero attached hydrogens (tertiary/aromatic N) is 2. The Hall–Kier alpha value is -3.08. The standard InChI is InChI=1S/C29H33N3O2/c1-34-26-9-7-25(8-10-26)28-14-23-13-24(15-28)17-29(16-23,20-28)27(33)30-18-21-3-5-22(6-4-21)19-32-12-2-11-31-32/h2-12,23-24H,13-20H2,1H3,(H,30,33). The predicted molar refractivity (Wildman–Crippen MR) is 131 cm³/mol. The molecule has 4 saturated carbocycles. The molecule has 2 atom stereocenters. The summed E-state index contributed by atoms with van der Waals surface area (Å²) < 4.78 is 7.30. The van der Waals surface area contributed by atoms with Crippen LogP contribution < -0.4 is 10.1 Å². The van der Waals surface area contributed by atoms with Crippen LogP contribution in [-0.4, -0.2) is 22.8 Å². The van der Waals surface area contributed by atoms with Crippen molar-refractivity contribution >= 4 is 5.91 Å². The lowest BCUT2D eigenvalue weighted by Crippen LogP contribution is -2.59. The molecule has 7 rings (SSSR count). The van der Waals surface area contributed by atoms with Crippen LogP contribution in [0.15, 0.2) is 67.0 Å². The average Bonchev–Trinajstić information content (AvgIpc) is 3.36. The van der Waals surface area contributed by atoms with Gasteiger partial charge < -0.3 is 10.1 Å². The Kier molecular flexibility index (Phi) is 5.23. The Labute approximate surface area is 201 Å². The fourth-order valence-corrected chi connectivity index (χ4v) is 7.52. The topological polar surface area (TPSA) is 56.1 Å². The van der Waals surface area contributed by atoms with Crippen molar-refractivity contribution in [3.63, 3.8) is 0 Å². The number of aromatic nitrogens is 2. The lowest BCUT2D eigenvalue weighted by molar-refractivity contribution is -0.149. The van der Waals surface area contributed by atoms with Crippen LogP contribution >= 0.6 is 0 Å². The molecule has 0 radical (unpaired) electrons. The van der Waals surface area contributed by atoms with Crippen molar-refractivity contribution in [3.05, 3.63) is 83.7 Å². The van der Waals surface area contributed by atoms with Gasteiger partial charge in [-0.05, 0) is 90.7 Å². The second-order valence-corrected chi connectivity index (χ2v) is 11.0. The van der Waals surface area contributed by atoms with Crippen molar-refractivity contribution < 1.29 is 9.53 Å². The van der Waals surface area contributed by atoms with E-state index in [1.807, 2.05) is 16.9 Å². The van der Waals surface area contributed by atoms with Crippen LogP contribution in [0.2, 0.25) is 0 Å². The smallest absolute Gasteiger partial charge is 0.226 e. The van der Waals surface area contributed by atoms with Crippen LogP contribution in [0.5, 0.6) is 5.75 Å². The summed E-state index contributed by atoms with van der Waals surface area (Å²) in [7, 11) is 1.71. The molecule has 4 fully saturated rings. The zero-order chi connectivity index (χ0) is 23.2. The average molecular weight is 456 g/mol. The van der Waals surface area contributed by atoms with Gasteiger partial charge in [0.2, 0.25) is 5.91 Å². The first-order chi connectivity index (χ1) is 16.6. The van der Waals surface area contributed by atoms with Gasteiger partial charge in [0.05, 0.1) is 19.1 Å². The van der Waals surface area contributed by atoms with Gasteiger partial charge in [0.25, 0.3) is 0 Å². The Morgan fingerprint density at radius 1 is 1.03 bits per heavy atom. The number of carbonyl (C=O) groups excluding carboxylic acids is 1. The number of ether oxygens (including phenoxy) is 1. The number of amides is 1. The van der Waals surface area contributed by atoms with Crippen molar-refractivity contribution in [2.45, 2.75) is 57.0 Å². The lowest BCUT2D eigenvalue weighted by Gasteiger charge is -2.61. The summed E-state index contributed by atoms with van der Waals surface area (Å²) in [6, 6.07) is 19.1. The molecule has 3 aromatic rings. The van der Waals surface area contributed by atoms with Gasteiger partial charge in [-0.15, -0.1) is 0 Å². The molecule has 1 aromatic heterocycles. The molecule has 2 aromatic carbocycles. The van der Waals surface area contributed by atoms with Crippen LogP contribution in [-0.2, 0) is 23.3 Å². The number of methoxy groups -OCH3 is 1. The highest BCUT2D eigenvalue weighted by molar-refractivity contribution is 5.83. The normalized spacial score (nSPS) is 29.2. The number of hydrogen-bond donors (Lipinski definition) is 1. The molecule has 1 N–H and O–H groups in total. The molecule has 176 valence electrons. The summed E-state index contributed by atoms with van der Waals surface area (Å²) in [5.74, 6) is 2.49. The molecule has 4 aliphatic rings. The van der Waals surface area contributed by atoms with E-state index in [1.54, 1.807) is 13.3 Å². The van der Waals surface area contributed by atoms with Gasteiger partial charge in [0, 0.05) is 18.9 Å². The molecule has 0 saturated heterocycles. The highest BCUT2D eigenvalue weighted by Crippen LogP contribution is 2.65. The third-order valence-electron chi connectivity index (χ3n) is 8.62. The molecule has 5 nitrogen and oxygen atoms in total. The van der Waals surface area contributed by atoms with E-state index in [9.17, 15) is 4.79 Å². The molecule has 1 amide bonds. The summed E-state index contributed by atoms with van der Waals surface area (Å²) in [5.41, 5.74) is 3.67. The molecule has 2 unspecified atom stereocenters. The molecule has 4 aliphatic carbocycles. The summed E-state index contributed by atoms with van der Waals surface area (Å²) in [5, 5.41) is 7.60. The van der Waals surface area contributed by atoms with Crippen molar-refractivity contribution in [1.29, 1.82) is 0 Å². The van der Waals surface area contributed by atoms with Gasteiger partial charge in [-0.25, -0.2) is 0 Å². The van der Waals surface area contributed by atoms with Crippen LogP contribution in [0.3, 0.4) is 0 Å². The SMILES string of the molecule is COc1ccc(C23CC4CC(CC(C(=O)NCc5ccc(Cn6cccn6)cc5)(C4)C2)C3)cc1. The first-order valence-corrected chi connectivity index (χ1v) is 12.5. The highest BCUT2D eigenvalue weighted by atomic mass is 16.5. The molecule has 1 heterocycles. The molecule has 34 heavy (non-hydrogen) atoms. The monoisotopic (exact) mass is 455 g/mol. The van der Waals surface area contributed by atoms with Gasteiger partial charge >= 0.3 is 0 Å². The Morgan fingerprint density at radius 3 is 2.38 bits per heavy atom. The molecular formula is C29H33N3O2. The number of hydrogen-bond acceptors (Lipinski definition) is 3. The second kappa shape index (κ2) is 8.30. The maximum absolute atomic E-state index is 13.7. The van der Waals surface area contributed by atoms with E-state index in [1.165, 1.54) is 30.4 Å². The van der Waals surface area contributed by atoms with Crippen LogP contribution in [0.1, 0.15) is 55.2 Å². The van der Waals surface area contributed by atoms with Crippen LogP contribution in [0.4, 0.5) is 0 Å². The zero-order valence-corrected chi connectivity index (χ0v) is 19.9. The maximum Gasteiger partial charge on any atom is 0.226 e. The molecule has 5 heteroatoms. The summed E-state index contributed by atoms with van der Waals surface area (Å²) in [6.45, 7) is 1.35. The quantitative estimate of drug-likeness (QED) is 0.540. The van der Waals surface area contributed by atoms with E-state index in [4.69, 9.17) is 4.74 Å². The lowest BCUT2D eigenvalue weighted by atomic mass is 9.42. The highest BCUT2D eigenvalue weighted by Gasteiger charge is 2.60. The van der Waals surface area contributed by atoms with Gasteiger partial charge in [-0.1, -0.05) is 36.4 Å². The molecular weight excluding hydrogens is 422 g/mol. The van der Waals surface area contributed by atoms with Gasteiger partial charge in [-0.2, -0.15) is 5.10 Å². The molecule has 0 aliphatic heterocycles.